The van der Waals surface area contributed by atoms with E-state index in [1.807, 2.05) is 0 Å². The van der Waals surface area contributed by atoms with Gasteiger partial charge in [0.2, 0.25) is 0 Å². The smallest absolute Gasteiger partial charge is 0.126 e. The summed E-state index contributed by atoms with van der Waals surface area (Å²) in [7, 11) is 0. The van der Waals surface area contributed by atoms with Crippen LogP contribution in [0.15, 0.2) is 11.6 Å². The van der Waals surface area contributed by atoms with Gasteiger partial charge in [0.25, 0.3) is 0 Å². The topological polar surface area (TPSA) is 40.9 Å². The fourth-order valence-corrected chi connectivity index (χ4v) is 2.00. The predicted molar refractivity (Wildman–Crippen MR) is 51.0 cm³/mol. The minimum Gasteiger partial charge on any atom is -0.303 e. The van der Waals surface area contributed by atoms with E-state index in [1.165, 1.54) is 5.57 Å². The van der Waals surface area contributed by atoms with E-state index in [0.717, 1.165) is 32.0 Å². The molecule has 0 aromatic rings. The Morgan fingerprint density at radius 2 is 2.54 bits per heavy atom. The quantitative estimate of drug-likeness (QED) is 0.491. The minimum atomic E-state index is -0.228. The SMILES string of the molecule is CC1=CCCC(C=O)(CCC#N)C1. The van der Waals surface area contributed by atoms with Crippen LogP contribution in [0.3, 0.4) is 0 Å². The van der Waals surface area contributed by atoms with E-state index in [0.29, 0.717) is 6.42 Å². The Morgan fingerprint density at radius 1 is 1.77 bits per heavy atom. The van der Waals surface area contributed by atoms with Crippen molar-refractivity contribution in [3.63, 3.8) is 0 Å². The van der Waals surface area contributed by atoms with Crippen molar-refractivity contribution >= 4 is 6.29 Å². The number of carbonyl (C=O) groups excluding carboxylic acids is 1. The fourth-order valence-electron chi connectivity index (χ4n) is 2.00. The molecule has 0 saturated carbocycles. The third kappa shape index (κ3) is 2.42. The monoisotopic (exact) mass is 177 g/mol. The second kappa shape index (κ2) is 4.23. The molecule has 1 unspecified atom stereocenters. The maximum Gasteiger partial charge on any atom is 0.126 e. The van der Waals surface area contributed by atoms with E-state index < -0.39 is 0 Å². The van der Waals surface area contributed by atoms with Gasteiger partial charge in [-0.2, -0.15) is 5.26 Å². The van der Waals surface area contributed by atoms with E-state index in [9.17, 15) is 4.79 Å². The van der Waals surface area contributed by atoms with Crippen LogP contribution in [0.4, 0.5) is 0 Å². The van der Waals surface area contributed by atoms with Gasteiger partial charge in [-0.05, 0) is 32.6 Å². The maximum atomic E-state index is 11.0. The molecule has 1 aliphatic carbocycles. The fraction of sp³-hybridized carbons (Fsp3) is 0.636. The van der Waals surface area contributed by atoms with Gasteiger partial charge in [-0.25, -0.2) is 0 Å². The highest BCUT2D eigenvalue weighted by molar-refractivity contribution is 5.60. The summed E-state index contributed by atoms with van der Waals surface area (Å²) >= 11 is 0. The van der Waals surface area contributed by atoms with Gasteiger partial charge in [-0.15, -0.1) is 0 Å². The van der Waals surface area contributed by atoms with Gasteiger partial charge in [-0.3, -0.25) is 0 Å². The zero-order valence-electron chi connectivity index (χ0n) is 8.05. The number of hydrogen-bond acceptors (Lipinski definition) is 2. The first-order chi connectivity index (χ1) is 6.22. The Labute approximate surface area is 79.2 Å². The lowest BCUT2D eigenvalue weighted by Gasteiger charge is -2.30. The number of nitrogens with zero attached hydrogens (tertiary/aromatic N) is 1. The van der Waals surface area contributed by atoms with Crippen molar-refractivity contribution in [3.8, 4) is 6.07 Å². The standard InChI is InChI=1S/C11H15NO/c1-10-4-2-5-11(8-10,9-13)6-3-7-12/h4,9H,2-3,5-6,8H2,1H3. The zero-order valence-corrected chi connectivity index (χ0v) is 8.05. The largest absolute Gasteiger partial charge is 0.303 e. The Morgan fingerprint density at radius 3 is 3.08 bits per heavy atom. The molecule has 1 rings (SSSR count). The molecule has 1 aliphatic rings. The van der Waals surface area contributed by atoms with Crippen molar-refractivity contribution in [3.05, 3.63) is 11.6 Å². The van der Waals surface area contributed by atoms with Crippen LogP contribution in [0.5, 0.6) is 0 Å². The first-order valence-corrected chi connectivity index (χ1v) is 4.71. The summed E-state index contributed by atoms with van der Waals surface area (Å²) < 4.78 is 0. The lowest BCUT2D eigenvalue weighted by molar-refractivity contribution is -0.117. The van der Waals surface area contributed by atoms with Crippen LogP contribution in [-0.2, 0) is 4.79 Å². The molecular weight excluding hydrogens is 162 g/mol. The Hall–Kier alpha value is -1.10. The van der Waals surface area contributed by atoms with Gasteiger partial charge in [0, 0.05) is 11.8 Å². The van der Waals surface area contributed by atoms with Crippen LogP contribution < -0.4 is 0 Å². The molecule has 70 valence electrons. The van der Waals surface area contributed by atoms with E-state index in [1.54, 1.807) is 0 Å². The van der Waals surface area contributed by atoms with Crippen LogP contribution in [0.25, 0.3) is 0 Å². The van der Waals surface area contributed by atoms with Gasteiger partial charge < -0.3 is 4.79 Å². The third-order valence-electron chi connectivity index (χ3n) is 2.75. The molecule has 2 nitrogen and oxygen atoms in total. The molecule has 0 fully saturated rings. The van der Waals surface area contributed by atoms with Crippen LogP contribution in [0.2, 0.25) is 0 Å². The molecule has 2 heteroatoms. The molecule has 0 spiro atoms. The van der Waals surface area contributed by atoms with Crippen LogP contribution in [0.1, 0.15) is 39.0 Å². The average molecular weight is 177 g/mol. The number of rotatable bonds is 3. The van der Waals surface area contributed by atoms with Crippen molar-refractivity contribution in [1.82, 2.24) is 0 Å². The van der Waals surface area contributed by atoms with Crippen LogP contribution in [0, 0.1) is 16.7 Å². The van der Waals surface area contributed by atoms with E-state index >= 15 is 0 Å². The first kappa shape index (κ1) is 9.98. The van der Waals surface area contributed by atoms with Crippen molar-refractivity contribution in [2.75, 3.05) is 0 Å². The van der Waals surface area contributed by atoms with Gasteiger partial charge in [0.15, 0.2) is 0 Å². The number of aldehydes is 1. The van der Waals surface area contributed by atoms with Crippen molar-refractivity contribution in [2.24, 2.45) is 5.41 Å². The van der Waals surface area contributed by atoms with Gasteiger partial charge in [-0.1, -0.05) is 11.6 Å². The normalized spacial score (nSPS) is 27.5. The number of nitriles is 1. The van der Waals surface area contributed by atoms with Gasteiger partial charge >= 0.3 is 0 Å². The van der Waals surface area contributed by atoms with Crippen LogP contribution in [-0.4, -0.2) is 6.29 Å². The molecule has 0 amide bonds. The second-order valence-electron chi connectivity index (χ2n) is 3.90. The summed E-state index contributed by atoms with van der Waals surface area (Å²) in [5.74, 6) is 0. The summed E-state index contributed by atoms with van der Waals surface area (Å²) in [6, 6.07) is 2.11. The molecule has 0 heterocycles. The predicted octanol–water partition coefficient (Wildman–Crippen LogP) is 2.61. The number of allylic oxidation sites excluding steroid dienone is 2. The van der Waals surface area contributed by atoms with E-state index in [4.69, 9.17) is 5.26 Å². The second-order valence-corrected chi connectivity index (χ2v) is 3.90. The van der Waals surface area contributed by atoms with Gasteiger partial charge in [0.1, 0.15) is 6.29 Å². The van der Waals surface area contributed by atoms with Crippen molar-refractivity contribution < 1.29 is 4.79 Å². The van der Waals surface area contributed by atoms with Crippen LogP contribution >= 0.6 is 0 Å². The summed E-state index contributed by atoms with van der Waals surface area (Å²) in [6.45, 7) is 2.06. The molecule has 13 heavy (non-hydrogen) atoms. The highest BCUT2D eigenvalue weighted by Crippen LogP contribution is 2.38. The number of carbonyl (C=O) groups is 1. The lowest BCUT2D eigenvalue weighted by Crippen LogP contribution is -2.25. The Bertz CT molecular complexity index is 262. The minimum absolute atomic E-state index is 0.228. The molecule has 0 saturated heterocycles. The highest BCUT2D eigenvalue weighted by atomic mass is 16.1. The Balaban J connectivity index is 2.66. The zero-order chi connectivity index (χ0) is 9.73. The first-order valence-electron chi connectivity index (χ1n) is 4.71. The van der Waals surface area contributed by atoms with Crippen molar-refractivity contribution in [2.45, 2.75) is 39.0 Å². The number of hydrogen-bond donors (Lipinski definition) is 0. The molecule has 0 aromatic heterocycles. The molecule has 0 N–H and O–H groups in total. The van der Waals surface area contributed by atoms with Gasteiger partial charge in [0.05, 0.1) is 6.07 Å². The lowest BCUT2D eigenvalue weighted by atomic mass is 9.72. The van der Waals surface area contributed by atoms with E-state index in [-0.39, 0.29) is 5.41 Å². The summed E-state index contributed by atoms with van der Waals surface area (Å²) in [4.78, 5) is 11.0. The molecule has 0 aliphatic heterocycles. The summed E-state index contributed by atoms with van der Waals surface area (Å²) in [5, 5.41) is 8.49. The highest BCUT2D eigenvalue weighted by Gasteiger charge is 2.30. The maximum absolute atomic E-state index is 11.0. The molecule has 1 atom stereocenters. The Kier molecular flexibility index (Phi) is 3.25. The summed E-state index contributed by atoms with van der Waals surface area (Å²) in [6.07, 6.45) is 7.20. The van der Waals surface area contributed by atoms with E-state index in [2.05, 4.69) is 19.1 Å². The van der Waals surface area contributed by atoms with Crippen molar-refractivity contribution in [1.29, 1.82) is 5.26 Å². The third-order valence-corrected chi connectivity index (χ3v) is 2.75. The molecule has 0 bridgehead atoms. The molecule has 0 aromatic carbocycles. The average Bonchev–Trinajstić information content (AvgIpc) is 2.15. The molecular formula is C11H15NO. The summed E-state index contributed by atoms with van der Waals surface area (Å²) in [5.41, 5.74) is 1.06. The molecule has 0 radical (unpaired) electrons.